The molecule has 136 valence electrons. The lowest BCUT2D eigenvalue weighted by Gasteiger charge is -2.16. The van der Waals surface area contributed by atoms with Crippen molar-refractivity contribution in [2.75, 3.05) is 13.7 Å². The molecule has 0 bridgehead atoms. The van der Waals surface area contributed by atoms with Crippen molar-refractivity contribution in [1.29, 1.82) is 0 Å². The Morgan fingerprint density at radius 1 is 0.962 bits per heavy atom. The quantitative estimate of drug-likeness (QED) is 0.813. The summed E-state index contributed by atoms with van der Waals surface area (Å²) >= 11 is 0. The summed E-state index contributed by atoms with van der Waals surface area (Å²) in [6.45, 7) is 0.585. The van der Waals surface area contributed by atoms with Gasteiger partial charge >= 0.3 is 5.97 Å². The molecule has 0 fully saturated rings. The molecule has 0 spiro atoms. The first-order valence-electron chi connectivity index (χ1n) is 9.20. The zero-order chi connectivity index (χ0) is 18.4. The summed E-state index contributed by atoms with van der Waals surface area (Å²) < 4.78 is 4.68. The maximum atomic E-state index is 12.2. The number of benzene rings is 2. The minimum Gasteiger partial charge on any atom is -0.465 e. The largest absolute Gasteiger partial charge is 0.465 e. The van der Waals surface area contributed by atoms with Crippen LogP contribution in [-0.2, 0) is 35.2 Å². The number of hydrogen-bond acceptors (Lipinski definition) is 3. The van der Waals surface area contributed by atoms with E-state index in [4.69, 9.17) is 0 Å². The van der Waals surface area contributed by atoms with Crippen LogP contribution in [0.4, 0.5) is 0 Å². The summed E-state index contributed by atoms with van der Waals surface area (Å²) in [6, 6.07) is 13.7. The van der Waals surface area contributed by atoms with Crippen LogP contribution in [0.15, 0.2) is 42.5 Å². The van der Waals surface area contributed by atoms with Gasteiger partial charge in [-0.3, -0.25) is 4.79 Å². The van der Waals surface area contributed by atoms with Gasteiger partial charge in [0.15, 0.2) is 0 Å². The van der Waals surface area contributed by atoms with Gasteiger partial charge in [-0.05, 0) is 66.5 Å². The van der Waals surface area contributed by atoms with Gasteiger partial charge in [0.2, 0.25) is 5.91 Å². The number of amides is 1. The zero-order valence-electron chi connectivity index (χ0n) is 15.2. The van der Waals surface area contributed by atoms with E-state index < -0.39 is 0 Å². The molecule has 0 aliphatic heterocycles. The van der Waals surface area contributed by atoms with Gasteiger partial charge < -0.3 is 10.1 Å². The van der Waals surface area contributed by atoms with E-state index in [2.05, 4.69) is 28.3 Å². The Morgan fingerprint density at radius 3 is 2.38 bits per heavy atom. The van der Waals surface area contributed by atoms with Crippen LogP contribution < -0.4 is 5.32 Å². The van der Waals surface area contributed by atoms with E-state index in [0.29, 0.717) is 18.5 Å². The van der Waals surface area contributed by atoms with Gasteiger partial charge in [0, 0.05) is 6.54 Å². The number of aryl methyl sites for hydroxylation is 2. The van der Waals surface area contributed by atoms with Gasteiger partial charge in [0.05, 0.1) is 19.1 Å². The normalized spacial score (nSPS) is 13.0. The van der Waals surface area contributed by atoms with Crippen LogP contribution in [0, 0.1) is 0 Å². The molecule has 0 atom stereocenters. The van der Waals surface area contributed by atoms with Crippen LogP contribution in [0.3, 0.4) is 0 Å². The van der Waals surface area contributed by atoms with Crippen LogP contribution >= 0.6 is 0 Å². The molecule has 2 aromatic rings. The third-order valence-corrected chi connectivity index (χ3v) is 4.89. The first kappa shape index (κ1) is 18.2. The zero-order valence-corrected chi connectivity index (χ0v) is 15.2. The maximum absolute atomic E-state index is 12.2. The van der Waals surface area contributed by atoms with Crippen LogP contribution in [0.25, 0.3) is 0 Å². The predicted molar refractivity (Wildman–Crippen MR) is 101 cm³/mol. The summed E-state index contributed by atoms with van der Waals surface area (Å²) in [4.78, 5) is 23.6. The van der Waals surface area contributed by atoms with Gasteiger partial charge in [-0.25, -0.2) is 4.79 Å². The third-order valence-electron chi connectivity index (χ3n) is 4.89. The Balaban J connectivity index is 1.46. The summed E-state index contributed by atoms with van der Waals surface area (Å²) in [7, 11) is 1.37. The molecule has 4 nitrogen and oxygen atoms in total. The molecule has 1 amide bonds. The second kappa shape index (κ2) is 8.65. The molecule has 0 aromatic heterocycles. The van der Waals surface area contributed by atoms with E-state index in [1.165, 1.54) is 31.1 Å². The number of esters is 1. The molecular formula is C22H25NO3. The van der Waals surface area contributed by atoms with E-state index in [1.54, 1.807) is 12.1 Å². The number of carbonyl (C=O) groups excluding carboxylic acids is 2. The topological polar surface area (TPSA) is 55.4 Å². The number of fused-ring (bicyclic) bond motifs is 1. The predicted octanol–water partition coefficient (Wildman–Crippen LogP) is 3.25. The lowest BCUT2D eigenvalue weighted by atomic mass is 9.90. The van der Waals surface area contributed by atoms with E-state index >= 15 is 0 Å². The molecule has 1 N–H and O–H groups in total. The number of carbonyl (C=O) groups is 2. The van der Waals surface area contributed by atoms with Gasteiger partial charge in [0.1, 0.15) is 0 Å². The van der Waals surface area contributed by atoms with Crippen molar-refractivity contribution in [3.05, 3.63) is 70.3 Å². The van der Waals surface area contributed by atoms with E-state index in [-0.39, 0.29) is 11.9 Å². The van der Waals surface area contributed by atoms with Gasteiger partial charge in [0.25, 0.3) is 0 Å². The average Bonchev–Trinajstić information content (AvgIpc) is 2.68. The monoisotopic (exact) mass is 351 g/mol. The first-order chi connectivity index (χ1) is 12.7. The smallest absolute Gasteiger partial charge is 0.337 e. The Bertz CT molecular complexity index is 780. The highest BCUT2D eigenvalue weighted by atomic mass is 16.5. The number of ether oxygens (including phenoxy) is 1. The standard InChI is InChI=1S/C22H25NO3/c1-26-22(25)19-10-6-16(7-11-19)12-13-23-21(24)15-17-8-9-18-4-2-3-5-20(18)14-17/h6-11,14H,2-5,12-13,15H2,1H3,(H,23,24). The maximum Gasteiger partial charge on any atom is 0.337 e. The number of hydrogen-bond donors (Lipinski definition) is 1. The molecule has 0 saturated carbocycles. The van der Waals surface area contributed by atoms with Gasteiger partial charge in [-0.1, -0.05) is 30.3 Å². The van der Waals surface area contributed by atoms with E-state index in [1.807, 2.05) is 12.1 Å². The molecule has 1 aliphatic carbocycles. The Morgan fingerprint density at radius 2 is 1.65 bits per heavy atom. The van der Waals surface area contributed by atoms with Crippen molar-refractivity contribution < 1.29 is 14.3 Å². The fourth-order valence-electron chi connectivity index (χ4n) is 3.42. The molecule has 2 aromatic carbocycles. The van der Waals surface area contributed by atoms with E-state index in [0.717, 1.165) is 30.4 Å². The lowest BCUT2D eigenvalue weighted by molar-refractivity contribution is -0.120. The minimum atomic E-state index is -0.338. The highest BCUT2D eigenvalue weighted by Gasteiger charge is 2.11. The van der Waals surface area contributed by atoms with Gasteiger partial charge in [-0.15, -0.1) is 0 Å². The lowest BCUT2D eigenvalue weighted by Crippen LogP contribution is -2.27. The van der Waals surface area contributed by atoms with Crippen molar-refractivity contribution in [3.8, 4) is 0 Å². The average molecular weight is 351 g/mol. The summed E-state index contributed by atoms with van der Waals surface area (Å²) in [6.07, 6.45) is 5.97. The SMILES string of the molecule is COC(=O)c1ccc(CCNC(=O)Cc2ccc3c(c2)CCCC3)cc1. The highest BCUT2D eigenvalue weighted by Crippen LogP contribution is 2.22. The fraction of sp³-hybridized carbons (Fsp3) is 0.364. The van der Waals surface area contributed by atoms with Crippen molar-refractivity contribution in [2.45, 2.75) is 38.5 Å². The van der Waals surface area contributed by atoms with Crippen molar-refractivity contribution >= 4 is 11.9 Å². The summed E-state index contributed by atoms with van der Waals surface area (Å²) in [5, 5.41) is 2.98. The molecule has 0 unspecified atom stereocenters. The Labute approximate surface area is 154 Å². The molecule has 0 saturated heterocycles. The molecule has 4 heteroatoms. The molecule has 0 heterocycles. The first-order valence-corrected chi connectivity index (χ1v) is 9.20. The van der Waals surface area contributed by atoms with Gasteiger partial charge in [-0.2, -0.15) is 0 Å². The van der Waals surface area contributed by atoms with Crippen LogP contribution in [0.2, 0.25) is 0 Å². The molecule has 1 aliphatic rings. The Hall–Kier alpha value is -2.62. The van der Waals surface area contributed by atoms with Crippen molar-refractivity contribution in [2.24, 2.45) is 0 Å². The van der Waals surface area contributed by atoms with E-state index in [9.17, 15) is 9.59 Å². The number of rotatable bonds is 6. The Kier molecular flexibility index (Phi) is 6.05. The van der Waals surface area contributed by atoms with Crippen LogP contribution in [-0.4, -0.2) is 25.5 Å². The molecular weight excluding hydrogens is 326 g/mol. The summed E-state index contributed by atoms with van der Waals surface area (Å²) in [5.41, 5.74) is 5.55. The number of methoxy groups -OCH3 is 1. The fourth-order valence-corrected chi connectivity index (χ4v) is 3.42. The van der Waals surface area contributed by atoms with Crippen molar-refractivity contribution in [1.82, 2.24) is 5.32 Å². The molecule has 26 heavy (non-hydrogen) atoms. The second-order valence-electron chi connectivity index (χ2n) is 6.78. The minimum absolute atomic E-state index is 0.0481. The van der Waals surface area contributed by atoms with Crippen LogP contribution in [0.1, 0.15) is 45.5 Å². The van der Waals surface area contributed by atoms with Crippen molar-refractivity contribution in [3.63, 3.8) is 0 Å². The molecule has 3 rings (SSSR count). The van der Waals surface area contributed by atoms with Crippen LogP contribution in [0.5, 0.6) is 0 Å². The second-order valence-corrected chi connectivity index (χ2v) is 6.78. The summed E-state index contributed by atoms with van der Waals surface area (Å²) in [5.74, 6) is -0.290. The highest BCUT2D eigenvalue weighted by molar-refractivity contribution is 5.89. The molecule has 0 radical (unpaired) electrons. The third kappa shape index (κ3) is 4.72. The number of nitrogens with one attached hydrogen (secondary N) is 1.